The second-order valence-electron chi connectivity index (χ2n) is 4.93. The molecule has 0 aromatic heterocycles. The number of para-hydroxylation sites is 1. The third kappa shape index (κ3) is 2.68. The molecular formula is C15H24N2O. The van der Waals surface area contributed by atoms with Crippen LogP contribution in [-0.4, -0.2) is 32.8 Å². The fraction of sp³-hybridized carbons (Fsp3) is 0.600. The van der Waals surface area contributed by atoms with Crippen LogP contribution in [0.15, 0.2) is 24.3 Å². The lowest BCUT2D eigenvalue weighted by Gasteiger charge is -2.37. The first-order valence-corrected chi connectivity index (χ1v) is 6.88. The second-order valence-corrected chi connectivity index (χ2v) is 4.93. The molecule has 1 saturated heterocycles. The molecule has 0 radical (unpaired) electrons. The van der Waals surface area contributed by atoms with Crippen LogP contribution in [0.5, 0.6) is 0 Å². The summed E-state index contributed by atoms with van der Waals surface area (Å²) in [5.41, 5.74) is 2.76. The summed E-state index contributed by atoms with van der Waals surface area (Å²) in [6.45, 7) is 7.09. The molecule has 1 aliphatic heterocycles. The Morgan fingerprint density at radius 1 is 1.44 bits per heavy atom. The highest BCUT2D eigenvalue weighted by Crippen LogP contribution is 2.30. The van der Waals surface area contributed by atoms with E-state index in [2.05, 4.69) is 48.3 Å². The molecule has 1 heterocycles. The molecule has 1 fully saturated rings. The predicted octanol–water partition coefficient (Wildman–Crippen LogP) is 2.58. The Hall–Kier alpha value is -1.06. The van der Waals surface area contributed by atoms with Gasteiger partial charge in [-0.15, -0.1) is 0 Å². The molecule has 0 aliphatic carbocycles. The lowest BCUT2D eigenvalue weighted by atomic mass is 10.0. The minimum absolute atomic E-state index is 0.427. The number of benzene rings is 1. The normalized spacial score (nSPS) is 21.9. The number of ether oxygens (including phenoxy) is 1. The summed E-state index contributed by atoms with van der Waals surface area (Å²) in [6.07, 6.45) is 1.10. The van der Waals surface area contributed by atoms with Crippen LogP contribution >= 0.6 is 0 Å². The van der Waals surface area contributed by atoms with Gasteiger partial charge in [-0.3, -0.25) is 0 Å². The topological polar surface area (TPSA) is 24.5 Å². The second kappa shape index (κ2) is 6.21. The molecule has 18 heavy (non-hydrogen) atoms. The van der Waals surface area contributed by atoms with Crippen LogP contribution in [0.4, 0.5) is 5.69 Å². The summed E-state index contributed by atoms with van der Waals surface area (Å²) in [5, 5.41) is 3.40. The monoisotopic (exact) mass is 248 g/mol. The summed E-state index contributed by atoms with van der Waals surface area (Å²) in [7, 11) is 2.04. The van der Waals surface area contributed by atoms with Gasteiger partial charge in [-0.25, -0.2) is 0 Å². The van der Waals surface area contributed by atoms with Crippen molar-refractivity contribution in [1.82, 2.24) is 5.32 Å². The zero-order chi connectivity index (χ0) is 13.0. The van der Waals surface area contributed by atoms with Crippen LogP contribution in [0.25, 0.3) is 0 Å². The highest BCUT2D eigenvalue weighted by molar-refractivity contribution is 5.56. The van der Waals surface area contributed by atoms with E-state index in [1.54, 1.807) is 0 Å². The van der Waals surface area contributed by atoms with Crippen molar-refractivity contribution >= 4 is 5.69 Å². The van der Waals surface area contributed by atoms with Crippen LogP contribution in [-0.2, 0) is 4.74 Å². The third-order valence-electron chi connectivity index (χ3n) is 3.75. The molecule has 3 nitrogen and oxygen atoms in total. The first-order valence-electron chi connectivity index (χ1n) is 6.88. The highest BCUT2D eigenvalue weighted by atomic mass is 16.5. The molecule has 0 spiro atoms. The molecule has 2 rings (SSSR count). The molecule has 1 aromatic rings. The van der Waals surface area contributed by atoms with E-state index in [-0.39, 0.29) is 0 Å². The van der Waals surface area contributed by atoms with E-state index in [1.165, 1.54) is 11.3 Å². The Labute approximate surface area is 110 Å². The highest BCUT2D eigenvalue weighted by Gasteiger charge is 2.22. The number of morpholine rings is 1. The number of hydrogen-bond donors (Lipinski definition) is 1. The van der Waals surface area contributed by atoms with Crippen LogP contribution in [0.3, 0.4) is 0 Å². The van der Waals surface area contributed by atoms with Gasteiger partial charge in [0.2, 0.25) is 0 Å². The molecule has 1 aromatic carbocycles. The first-order chi connectivity index (χ1) is 8.77. The minimum Gasteiger partial charge on any atom is -0.377 e. The first kappa shape index (κ1) is 13.4. The molecule has 1 N–H and O–H groups in total. The van der Waals surface area contributed by atoms with Crippen LogP contribution in [0.1, 0.15) is 31.9 Å². The average Bonchev–Trinajstić information content (AvgIpc) is 2.41. The number of rotatable bonds is 4. The van der Waals surface area contributed by atoms with E-state index in [9.17, 15) is 0 Å². The van der Waals surface area contributed by atoms with Gasteiger partial charge in [0.1, 0.15) is 0 Å². The van der Waals surface area contributed by atoms with Crippen molar-refractivity contribution in [1.29, 1.82) is 0 Å². The molecule has 3 heteroatoms. The summed E-state index contributed by atoms with van der Waals surface area (Å²) >= 11 is 0. The Kier molecular flexibility index (Phi) is 4.61. The van der Waals surface area contributed by atoms with Gasteiger partial charge in [-0.1, -0.05) is 25.1 Å². The van der Waals surface area contributed by atoms with Crippen LogP contribution in [0.2, 0.25) is 0 Å². The van der Waals surface area contributed by atoms with Crippen LogP contribution in [0, 0.1) is 0 Å². The molecular weight excluding hydrogens is 224 g/mol. The van der Waals surface area contributed by atoms with Gasteiger partial charge in [-0.2, -0.15) is 0 Å². The summed E-state index contributed by atoms with van der Waals surface area (Å²) < 4.78 is 5.53. The van der Waals surface area contributed by atoms with E-state index >= 15 is 0 Å². The smallest absolute Gasteiger partial charge is 0.0668 e. The van der Waals surface area contributed by atoms with Gasteiger partial charge in [0.15, 0.2) is 0 Å². The van der Waals surface area contributed by atoms with Gasteiger partial charge in [0, 0.05) is 24.3 Å². The zero-order valence-corrected chi connectivity index (χ0v) is 11.6. The molecule has 0 amide bonds. The number of anilines is 1. The van der Waals surface area contributed by atoms with Crippen molar-refractivity contribution in [2.24, 2.45) is 0 Å². The Balaban J connectivity index is 2.31. The summed E-state index contributed by atoms with van der Waals surface area (Å²) in [5.74, 6) is 0. The van der Waals surface area contributed by atoms with Crippen molar-refractivity contribution < 1.29 is 4.74 Å². The molecule has 100 valence electrons. The van der Waals surface area contributed by atoms with E-state index in [0.717, 1.165) is 26.2 Å². The predicted molar refractivity (Wildman–Crippen MR) is 76.2 cm³/mol. The summed E-state index contributed by atoms with van der Waals surface area (Å²) in [4.78, 5) is 2.47. The average molecular weight is 248 g/mol. The fourth-order valence-corrected chi connectivity index (χ4v) is 2.71. The largest absolute Gasteiger partial charge is 0.377 e. The van der Waals surface area contributed by atoms with E-state index in [0.29, 0.717) is 12.1 Å². The van der Waals surface area contributed by atoms with Crippen molar-refractivity contribution in [3.8, 4) is 0 Å². The minimum atomic E-state index is 0.427. The van der Waals surface area contributed by atoms with Gasteiger partial charge in [-0.05, 0) is 32.0 Å². The number of nitrogens with one attached hydrogen (secondary N) is 1. The van der Waals surface area contributed by atoms with E-state index < -0.39 is 0 Å². The Morgan fingerprint density at radius 2 is 2.22 bits per heavy atom. The Bertz CT molecular complexity index is 377. The van der Waals surface area contributed by atoms with Crippen molar-refractivity contribution in [2.75, 3.05) is 31.7 Å². The van der Waals surface area contributed by atoms with Gasteiger partial charge >= 0.3 is 0 Å². The number of hydrogen-bond acceptors (Lipinski definition) is 3. The molecule has 2 atom stereocenters. The lowest BCUT2D eigenvalue weighted by molar-refractivity contribution is 0.0988. The SMILES string of the molecule is CCC(NC)c1ccccc1N1CCOCC1C. The maximum Gasteiger partial charge on any atom is 0.0668 e. The van der Waals surface area contributed by atoms with Gasteiger partial charge in [0.05, 0.1) is 13.2 Å². The third-order valence-corrected chi connectivity index (χ3v) is 3.75. The molecule has 0 bridgehead atoms. The quantitative estimate of drug-likeness (QED) is 0.886. The van der Waals surface area contributed by atoms with E-state index in [4.69, 9.17) is 4.74 Å². The van der Waals surface area contributed by atoms with Crippen molar-refractivity contribution in [3.63, 3.8) is 0 Å². The fourth-order valence-electron chi connectivity index (χ4n) is 2.71. The maximum atomic E-state index is 5.53. The standard InChI is InChI=1S/C15H24N2O/c1-4-14(16-3)13-7-5-6-8-15(13)17-9-10-18-11-12(17)2/h5-8,12,14,16H,4,9-11H2,1-3H3. The molecule has 0 saturated carbocycles. The van der Waals surface area contributed by atoms with Gasteiger partial charge in [0.25, 0.3) is 0 Å². The van der Waals surface area contributed by atoms with Crippen molar-refractivity contribution in [2.45, 2.75) is 32.4 Å². The lowest BCUT2D eigenvalue weighted by Crippen LogP contribution is -2.44. The zero-order valence-electron chi connectivity index (χ0n) is 11.6. The van der Waals surface area contributed by atoms with E-state index in [1.807, 2.05) is 7.05 Å². The number of nitrogens with zero attached hydrogens (tertiary/aromatic N) is 1. The Morgan fingerprint density at radius 3 is 2.89 bits per heavy atom. The maximum absolute atomic E-state index is 5.53. The van der Waals surface area contributed by atoms with Crippen LogP contribution < -0.4 is 10.2 Å². The summed E-state index contributed by atoms with van der Waals surface area (Å²) in [6, 6.07) is 9.61. The molecule has 1 aliphatic rings. The molecule has 2 unspecified atom stereocenters. The van der Waals surface area contributed by atoms with Gasteiger partial charge < -0.3 is 15.0 Å². The van der Waals surface area contributed by atoms with Crippen molar-refractivity contribution in [3.05, 3.63) is 29.8 Å².